The summed E-state index contributed by atoms with van der Waals surface area (Å²) in [6.45, 7) is 1.71. The molecule has 20 heavy (non-hydrogen) atoms. The number of carbonyl (C=O) groups excluding carboxylic acids is 1. The molecule has 0 saturated heterocycles. The minimum atomic E-state index is -0.522. The predicted octanol–water partition coefficient (Wildman–Crippen LogP) is 3.73. The van der Waals surface area contributed by atoms with E-state index < -0.39 is 11.9 Å². The number of rotatable bonds is 4. The van der Waals surface area contributed by atoms with E-state index in [4.69, 9.17) is 11.6 Å². The van der Waals surface area contributed by atoms with Crippen molar-refractivity contribution in [1.29, 1.82) is 0 Å². The van der Waals surface area contributed by atoms with Gasteiger partial charge in [0.25, 0.3) is 0 Å². The van der Waals surface area contributed by atoms with Crippen LogP contribution < -0.4 is 10.6 Å². The van der Waals surface area contributed by atoms with Crippen LogP contribution in [0.15, 0.2) is 18.2 Å². The zero-order chi connectivity index (χ0) is 14.5. The first-order chi connectivity index (χ1) is 9.58. The fraction of sp³-hybridized carbons (Fsp3) is 0.533. The number of anilines is 1. The van der Waals surface area contributed by atoms with Crippen LogP contribution in [0.25, 0.3) is 0 Å². The Morgan fingerprint density at radius 3 is 2.70 bits per heavy atom. The maximum Gasteiger partial charge on any atom is 0.242 e. The number of amides is 1. The first-order valence-electron chi connectivity index (χ1n) is 7.09. The van der Waals surface area contributed by atoms with Crippen LogP contribution in [0.5, 0.6) is 0 Å². The van der Waals surface area contributed by atoms with Crippen LogP contribution in [-0.2, 0) is 4.79 Å². The van der Waals surface area contributed by atoms with Gasteiger partial charge in [-0.15, -0.1) is 0 Å². The first-order valence-corrected chi connectivity index (χ1v) is 7.46. The van der Waals surface area contributed by atoms with Crippen molar-refractivity contribution in [3.05, 3.63) is 29.0 Å². The lowest BCUT2D eigenvalue weighted by Crippen LogP contribution is -2.44. The van der Waals surface area contributed by atoms with Gasteiger partial charge in [0, 0.05) is 6.04 Å². The molecule has 1 aromatic carbocycles. The van der Waals surface area contributed by atoms with E-state index in [1.54, 1.807) is 13.0 Å². The molecule has 2 N–H and O–H groups in total. The fourth-order valence-electron chi connectivity index (χ4n) is 2.49. The van der Waals surface area contributed by atoms with E-state index >= 15 is 0 Å². The molecule has 0 spiro atoms. The van der Waals surface area contributed by atoms with E-state index in [0.717, 1.165) is 25.7 Å². The summed E-state index contributed by atoms with van der Waals surface area (Å²) in [7, 11) is 0. The standard InChI is InChI=1S/C15H20ClFN2O/c1-10(15(20)19-11-6-3-2-4-7-11)18-14-12(16)8-5-9-13(14)17/h5,8-11,18H,2-4,6-7H2,1H3,(H,19,20). The van der Waals surface area contributed by atoms with Crippen LogP contribution in [0.3, 0.4) is 0 Å². The maximum atomic E-state index is 13.7. The molecule has 1 fully saturated rings. The summed E-state index contributed by atoms with van der Waals surface area (Å²) in [6.07, 6.45) is 5.61. The molecule has 1 saturated carbocycles. The summed E-state index contributed by atoms with van der Waals surface area (Å²) in [5, 5.41) is 6.14. The second-order valence-corrected chi connectivity index (χ2v) is 5.71. The first kappa shape index (κ1) is 15.1. The van der Waals surface area contributed by atoms with Crippen molar-refractivity contribution in [2.45, 2.75) is 51.1 Å². The highest BCUT2D eigenvalue weighted by Gasteiger charge is 2.20. The molecule has 0 aromatic heterocycles. The van der Waals surface area contributed by atoms with Crippen molar-refractivity contribution in [3.8, 4) is 0 Å². The number of hydrogen-bond donors (Lipinski definition) is 2. The number of halogens is 2. The van der Waals surface area contributed by atoms with E-state index in [1.165, 1.54) is 18.6 Å². The molecule has 0 bridgehead atoms. The second kappa shape index (κ2) is 6.93. The fourth-order valence-corrected chi connectivity index (χ4v) is 2.71. The van der Waals surface area contributed by atoms with Crippen LogP contribution >= 0.6 is 11.6 Å². The van der Waals surface area contributed by atoms with Gasteiger partial charge >= 0.3 is 0 Å². The second-order valence-electron chi connectivity index (χ2n) is 5.31. The third-order valence-electron chi connectivity index (χ3n) is 3.67. The monoisotopic (exact) mass is 298 g/mol. The van der Waals surface area contributed by atoms with Gasteiger partial charge in [0.15, 0.2) is 0 Å². The Labute approximate surface area is 123 Å². The molecule has 3 nitrogen and oxygen atoms in total. The van der Waals surface area contributed by atoms with Crippen LogP contribution in [0.1, 0.15) is 39.0 Å². The van der Waals surface area contributed by atoms with E-state index in [0.29, 0.717) is 0 Å². The third kappa shape index (κ3) is 3.85. The number of carbonyl (C=O) groups is 1. The summed E-state index contributed by atoms with van der Waals surface area (Å²) in [5.74, 6) is -0.564. The molecule has 110 valence electrons. The van der Waals surface area contributed by atoms with Crippen molar-refractivity contribution in [2.24, 2.45) is 0 Å². The van der Waals surface area contributed by atoms with Gasteiger partial charge < -0.3 is 10.6 Å². The highest BCUT2D eigenvalue weighted by molar-refractivity contribution is 6.33. The minimum absolute atomic E-state index is 0.115. The highest BCUT2D eigenvalue weighted by Crippen LogP contribution is 2.25. The van der Waals surface area contributed by atoms with Gasteiger partial charge in [-0.25, -0.2) is 4.39 Å². The van der Waals surface area contributed by atoms with Crippen LogP contribution in [0.2, 0.25) is 5.02 Å². The average molecular weight is 299 g/mol. The Kier molecular flexibility index (Phi) is 5.24. The molecule has 0 heterocycles. The molecule has 1 atom stereocenters. The molecule has 1 unspecified atom stereocenters. The summed E-state index contributed by atoms with van der Waals surface area (Å²) >= 11 is 5.94. The molecular formula is C15H20ClFN2O. The number of para-hydroxylation sites is 1. The van der Waals surface area contributed by atoms with E-state index in [-0.39, 0.29) is 22.7 Å². The smallest absolute Gasteiger partial charge is 0.242 e. The molecule has 5 heteroatoms. The molecule has 1 aromatic rings. The highest BCUT2D eigenvalue weighted by atomic mass is 35.5. The van der Waals surface area contributed by atoms with Crippen molar-refractivity contribution in [2.75, 3.05) is 5.32 Å². The van der Waals surface area contributed by atoms with Crippen LogP contribution in [-0.4, -0.2) is 18.0 Å². The lowest BCUT2D eigenvalue weighted by Gasteiger charge is -2.25. The molecule has 1 aliphatic carbocycles. The van der Waals surface area contributed by atoms with Crippen molar-refractivity contribution in [1.82, 2.24) is 5.32 Å². The van der Waals surface area contributed by atoms with Gasteiger partial charge in [0.1, 0.15) is 11.9 Å². The van der Waals surface area contributed by atoms with E-state index in [2.05, 4.69) is 10.6 Å². The van der Waals surface area contributed by atoms with Gasteiger partial charge in [-0.05, 0) is 31.9 Å². The van der Waals surface area contributed by atoms with Gasteiger partial charge in [-0.1, -0.05) is 36.9 Å². The molecular weight excluding hydrogens is 279 g/mol. The molecule has 0 aliphatic heterocycles. The summed E-state index contributed by atoms with van der Waals surface area (Å²) in [4.78, 5) is 12.1. The number of hydrogen-bond acceptors (Lipinski definition) is 2. The molecule has 2 rings (SSSR count). The van der Waals surface area contributed by atoms with Crippen molar-refractivity contribution >= 4 is 23.2 Å². The average Bonchev–Trinajstić information content (AvgIpc) is 2.44. The lowest BCUT2D eigenvalue weighted by molar-refractivity contribution is -0.122. The summed E-state index contributed by atoms with van der Waals surface area (Å²) in [6, 6.07) is 4.18. The Morgan fingerprint density at radius 2 is 2.05 bits per heavy atom. The Bertz CT molecular complexity index is 455. The van der Waals surface area contributed by atoms with Gasteiger partial charge in [0.05, 0.1) is 10.7 Å². The van der Waals surface area contributed by atoms with Crippen molar-refractivity contribution < 1.29 is 9.18 Å². The van der Waals surface area contributed by atoms with Crippen molar-refractivity contribution in [3.63, 3.8) is 0 Å². The SMILES string of the molecule is CC(Nc1c(F)cccc1Cl)C(=O)NC1CCCCC1. The summed E-state index contributed by atoms with van der Waals surface area (Å²) in [5.41, 5.74) is 0.181. The molecule has 0 radical (unpaired) electrons. The normalized spacial score (nSPS) is 17.6. The van der Waals surface area contributed by atoms with Crippen LogP contribution in [0.4, 0.5) is 10.1 Å². The van der Waals surface area contributed by atoms with E-state index in [1.807, 2.05) is 0 Å². The van der Waals surface area contributed by atoms with Gasteiger partial charge in [-0.3, -0.25) is 4.79 Å². The Morgan fingerprint density at radius 1 is 1.35 bits per heavy atom. The zero-order valence-electron chi connectivity index (χ0n) is 11.6. The Hall–Kier alpha value is -1.29. The lowest BCUT2D eigenvalue weighted by atomic mass is 9.95. The predicted molar refractivity (Wildman–Crippen MR) is 79.5 cm³/mol. The third-order valence-corrected chi connectivity index (χ3v) is 3.98. The van der Waals surface area contributed by atoms with Gasteiger partial charge in [-0.2, -0.15) is 0 Å². The quantitative estimate of drug-likeness (QED) is 0.889. The number of nitrogens with one attached hydrogen (secondary N) is 2. The van der Waals surface area contributed by atoms with Crippen LogP contribution in [0, 0.1) is 5.82 Å². The topological polar surface area (TPSA) is 41.1 Å². The molecule has 1 aliphatic rings. The van der Waals surface area contributed by atoms with Gasteiger partial charge in [0.2, 0.25) is 5.91 Å². The van der Waals surface area contributed by atoms with E-state index in [9.17, 15) is 9.18 Å². The Balaban J connectivity index is 1.93. The summed E-state index contributed by atoms with van der Waals surface area (Å²) < 4.78 is 13.7. The zero-order valence-corrected chi connectivity index (χ0v) is 12.3. The molecule has 1 amide bonds. The maximum absolute atomic E-state index is 13.7. The number of benzene rings is 1. The largest absolute Gasteiger partial charge is 0.370 e. The minimum Gasteiger partial charge on any atom is -0.370 e.